The lowest BCUT2D eigenvalue weighted by molar-refractivity contribution is 0.0202. The van der Waals surface area contributed by atoms with Crippen LogP contribution in [0.3, 0.4) is 0 Å². The van der Waals surface area contributed by atoms with Crippen molar-refractivity contribution < 1.29 is 9.26 Å². The second kappa shape index (κ2) is 4.38. The van der Waals surface area contributed by atoms with Gasteiger partial charge in [-0.15, -0.1) is 0 Å². The van der Waals surface area contributed by atoms with Gasteiger partial charge in [0.25, 0.3) is 0 Å². The summed E-state index contributed by atoms with van der Waals surface area (Å²) in [6.45, 7) is 2.55. The number of piperidine rings is 3. The number of benzene rings is 1. The van der Waals surface area contributed by atoms with E-state index in [2.05, 4.69) is 15.4 Å². The molecule has 4 fully saturated rings. The van der Waals surface area contributed by atoms with Crippen molar-refractivity contribution in [2.75, 3.05) is 25.5 Å². The molecule has 1 aliphatic carbocycles. The number of ether oxygens (including phenoxy) is 1. The van der Waals surface area contributed by atoms with E-state index in [1.165, 1.54) is 38.8 Å². The molecule has 116 valence electrons. The van der Waals surface area contributed by atoms with Gasteiger partial charge in [-0.2, -0.15) is 0 Å². The smallest absolute Gasteiger partial charge is 0.177 e. The fraction of sp³-hybridized carbons (Fsp3) is 0.588. The standard InChI is InChI=1S/C17H21N3O2/c1-21-12-2-3-13-14(10-12)22-19-16(13)18-15-11-4-8-20(9-5-11)17(15)6-7-17/h2-3,10-11,15H,4-9H2,1H3,(H,18,19). The first kappa shape index (κ1) is 12.8. The Bertz CT molecular complexity index is 714. The van der Waals surface area contributed by atoms with E-state index in [1.54, 1.807) is 7.11 Å². The summed E-state index contributed by atoms with van der Waals surface area (Å²) in [5.74, 6) is 2.47. The number of methoxy groups -OCH3 is 1. The van der Waals surface area contributed by atoms with Crippen LogP contribution in [0.4, 0.5) is 5.82 Å². The second-order valence-corrected chi connectivity index (χ2v) is 6.94. The number of nitrogens with one attached hydrogen (secondary N) is 1. The molecule has 3 saturated heterocycles. The van der Waals surface area contributed by atoms with Gasteiger partial charge in [0.15, 0.2) is 11.4 Å². The molecule has 3 aliphatic heterocycles. The van der Waals surface area contributed by atoms with Crippen molar-refractivity contribution in [2.24, 2.45) is 5.92 Å². The van der Waals surface area contributed by atoms with Crippen molar-refractivity contribution in [1.29, 1.82) is 0 Å². The van der Waals surface area contributed by atoms with Crippen LogP contribution in [0.1, 0.15) is 25.7 Å². The van der Waals surface area contributed by atoms with Gasteiger partial charge < -0.3 is 14.6 Å². The normalized spacial score (nSPS) is 31.6. The minimum absolute atomic E-state index is 0.402. The molecule has 1 atom stereocenters. The summed E-state index contributed by atoms with van der Waals surface area (Å²) < 4.78 is 10.7. The summed E-state index contributed by atoms with van der Waals surface area (Å²) in [5, 5.41) is 9.07. The second-order valence-electron chi connectivity index (χ2n) is 6.94. The van der Waals surface area contributed by atoms with Crippen LogP contribution in [0.5, 0.6) is 5.75 Å². The summed E-state index contributed by atoms with van der Waals surface area (Å²) in [6.07, 6.45) is 5.27. The molecular weight excluding hydrogens is 278 g/mol. The highest BCUT2D eigenvalue weighted by atomic mass is 16.5. The highest BCUT2D eigenvalue weighted by Crippen LogP contribution is 2.54. The van der Waals surface area contributed by atoms with Gasteiger partial charge in [0.05, 0.1) is 12.5 Å². The Balaban J connectivity index is 1.48. The van der Waals surface area contributed by atoms with Crippen molar-refractivity contribution in [3.63, 3.8) is 0 Å². The molecule has 5 nitrogen and oxygen atoms in total. The molecule has 1 saturated carbocycles. The predicted octanol–water partition coefficient (Wildman–Crippen LogP) is 2.88. The quantitative estimate of drug-likeness (QED) is 0.944. The fourth-order valence-electron chi connectivity index (χ4n) is 4.62. The Hall–Kier alpha value is -1.75. The van der Waals surface area contributed by atoms with Crippen molar-refractivity contribution in [3.05, 3.63) is 18.2 Å². The molecule has 6 rings (SSSR count). The zero-order valence-corrected chi connectivity index (χ0v) is 12.8. The van der Waals surface area contributed by atoms with Crippen LogP contribution in [0.15, 0.2) is 22.7 Å². The number of hydrogen-bond donors (Lipinski definition) is 1. The van der Waals surface area contributed by atoms with Crippen molar-refractivity contribution in [2.45, 2.75) is 37.3 Å². The Morgan fingerprint density at radius 1 is 1.32 bits per heavy atom. The topological polar surface area (TPSA) is 50.5 Å². The summed E-state index contributed by atoms with van der Waals surface area (Å²) in [4.78, 5) is 2.70. The van der Waals surface area contributed by atoms with Crippen LogP contribution >= 0.6 is 0 Å². The molecule has 0 radical (unpaired) electrons. The third-order valence-corrected chi connectivity index (χ3v) is 5.95. The summed E-state index contributed by atoms with van der Waals surface area (Å²) in [5.41, 5.74) is 1.19. The maximum Gasteiger partial charge on any atom is 0.177 e. The predicted molar refractivity (Wildman–Crippen MR) is 84.2 cm³/mol. The van der Waals surface area contributed by atoms with Crippen molar-refractivity contribution in [1.82, 2.24) is 10.1 Å². The molecule has 4 heterocycles. The molecule has 2 bridgehead atoms. The summed E-state index contributed by atoms with van der Waals surface area (Å²) >= 11 is 0. The van der Waals surface area contributed by atoms with Crippen LogP contribution in [-0.2, 0) is 0 Å². The zero-order valence-electron chi connectivity index (χ0n) is 12.8. The number of hydrogen-bond acceptors (Lipinski definition) is 5. The van der Waals surface area contributed by atoms with Gasteiger partial charge in [-0.05, 0) is 56.8 Å². The molecule has 1 unspecified atom stereocenters. The first-order valence-corrected chi connectivity index (χ1v) is 8.25. The van der Waals surface area contributed by atoms with Crippen molar-refractivity contribution >= 4 is 16.8 Å². The van der Waals surface area contributed by atoms with Crippen LogP contribution in [0, 0.1) is 5.92 Å². The molecule has 5 heteroatoms. The summed E-state index contributed by atoms with van der Waals surface area (Å²) in [7, 11) is 1.67. The van der Waals surface area contributed by atoms with Gasteiger partial charge >= 0.3 is 0 Å². The number of fused-ring (bicyclic) bond motifs is 3. The van der Waals surface area contributed by atoms with Crippen LogP contribution in [-0.4, -0.2) is 41.8 Å². The fourth-order valence-corrected chi connectivity index (χ4v) is 4.62. The number of anilines is 1. The first-order chi connectivity index (χ1) is 10.8. The molecule has 1 N–H and O–H groups in total. The lowest BCUT2D eigenvalue weighted by atomic mass is 9.77. The SMILES string of the molecule is COc1ccc2c(NC3C4CCN(CC4)C34CC4)noc2c1. The highest BCUT2D eigenvalue weighted by molar-refractivity contribution is 5.89. The van der Waals surface area contributed by atoms with Crippen LogP contribution in [0.25, 0.3) is 11.0 Å². The van der Waals surface area contributed by atoms with Gasteiger partial charge in [0.1, 0.15) is 5.75 Å². The van der Waals surface area contributed by atoms with E-state index in [9.17, 15) is 0 Å². The molecule has 22 heavy (non-hydrogen) atoms. The lowest BCUT2D eigenvalue weighted by Gasteiger charge is -2.52. The van der Waals surface area contributed by atoms with Crippen LogP contribution in [0.2, 0.25) is 0 Å². The molecule has 1 spiro atoms. The van der Waals surface area contributed by atoms with Gasteiger partial charge in [-0.25, -0.2) is 0 Å². The highest BCUT2D eigenvalue weighted by Gasteiger charge is 2.60. The van der Waals surface area contributed by atoms with Gasteiger partial charge in [-0.3, -0.25) is 4.90 Å². The van der Waals surface area contributed by atoms with E-state index in [1.807, 2.05) is 18.2 Å². The average molecular weight is 299 g/mol. The van der Waals surface area contributed by atoms with E-state index in [4.69, 9.17) is 9.26 Å². The maximum atomic E-state index is 5.50. The third kappa shape index (κ3) is 1.66. The molecule has 1 aromatic heterocycles. The lowest BCUT2D eigenvalue weighted by Crippen LogP contribution is -2.62. The number of aromatic nitrogens is 1. The van der Waals surface area contributed by atoms with E-state index in [-0.39, 0.29) is 0 Å². The Morgan fingerprint density at radius 3 is 2.86 bits per heavy atom. The Labute approximate surface area is 129 Å². The molecule has 4 aliphatic rings. The van der Waals surface area contributed by atoms with E-state index in [0.717, 1.165) is 28.5 Å². The van der Waals surface area contributed by atoms with Gasteiger partial charge in [0, 0.05) is 17.6 Å². The zero-order chi connectivity index (χ0) is 14.7. The Morgan fingerprint density at radius 2 is 2.14 bits per heavy atom. The Kier molecular flexibility index (Phi) is 2.54. The van der Waals surface area contributed by atoms with E-state index < -0.39 is 0 Å². The molecule has 0 amide bonds. The minimum Gasteiger partial charge on any atom is -0.497 e. The molecule has 2 aromatic rings. The van der Waals surface area contributed by atoms with E-state index >= 15 is 0 Å². The number of nitrogens with zero attached hydrogens (tertiary/aromatic N) is 2. The minimum atomic E-state index is 0.402. The third-order valence-electron chi connectivity index (χ3n) is 5.95. The largest absolute Gasteiger partial charge is 0.497 e. The monoisotopic (exact) mass is 299 g/mol. The maximum absolute atomic E-state index is 5.50. The molecular formula is C17H21N3O2. The van der Waals surface area contributed by atoms with Gasteiger partial charge in [0.2, 0.25) is 0 Å². The van der Waals surface area contributed by atoms with Crippen LogP contribution < -0.4 is 10.1 Å². The van der Waals surface area contributed by atoms with E-state index in [0.29, 0.717) is 11.6 Å². The summed E-state index contributed by atoms with van der Waals surface area (Å²) in [6, 6.07) is 6.42. The van der Waals surface area contributed by atoms with Crippen molar-refractivity contribution in [3.8, 4) is 5.75 Å². The average Bonchev–Trinajstić information content (AvgIpc) is 3.25. The number of rotatable bonds is 3. The molecule has 1 aromatic carbocycles. The van der Waals surface area contributed by atoms with Gasteiger partial charge in [-0.1, -0.05) is 5.16 Å². The first-order valence-electron chi connectivity index (χ1n) is 8.25.